The summed E-state index contributed by atoms with van der Waals surface area (Å²) in [5, 5.41) is 51.4. The molecule has 0 bridgehead atoms. The molecule has 0 saturated heterocycles. The van der Waals surface area contributed by atoms with Gasteiger partial charge >= 0.3 is 0 Å². The van der Waals surface area contributed by atoms with Gasteiger partial charge in [-0.3, -0.25) is 0 Å². The van der Waals surface area contributed by atoms with E-state index >= 15 is 0 Å². The highest BCUT2D eigenvalue weighted by molar-refractivity contribution is 4.82. The fraction of sp³-hybridized carbons (Fsp3) is 1.00. The van der Waals surface area contributed by atoms with Crippen LogP contribution < -0.4 is 15.5 Å². The number of hydrogen-bond acceptors (Lipinski definition) is 6. The van der Waals surface area contributed by atoms with Crippen LogP contribution >= 0.6 is 0 Å². The second-order valence-electron chi connectivity index (χ2n) is 21.5. The molecule has 66 heavy (non-hydrogen) atoms. The Kier molecular flexibility index (Phi) is 52.4. The van der Waals surface area contributed by atoms with E-state index in [0.29, 0.717) is 19.3 Å². The Morgan fingerprint density at radius 1 is 0.348 bits per heavy atom. The number of aliphatic hydroxyl groups is 2. The van der Waals surface area contributed by atoms with Gasteiger partial charge in [0.15, 0.2) is 0 Å². The summed E-state index contributed by atoms with van der Waals surface area (Å²) in [6, 6.07) is -0.165. The number of hydrogen-bond donors (Lipinski definition) is 3. The minimum Gasteiger partial charge on any atom is -0.839 e. The third-order valence-electron chi connectivity index (χ3n) is 15.1. The van der Waals surface area contributed by atoms with Gasteiger partial charge in [-0.2, -0.15) is 0 Å². The van der Waals surface area contributed by atoms with E-state index in [4.69, 9.17) is 4.74 Å². The van der Waals surface area contributed by atoms with Crippen LogP contribution in [0, 0.1) is 5.92 Å². The molecule has 0 rings (SSSR count). The Morgan fingerprint density at radius 3 is 0.879 bits per heavy atom. The van der Waals surface area contributed by atoms with Crippen LogP contribution in [-0.4, -0.2) is 47.1 Å². The lowest BCUT2D eigenvalue weighted by Gasteiger charge is -2.41. The molecule has 3 N–H and O–H groups in total. The lowest BCUT2D eigenvalue weighted by Crippen LogP contribution is -2.57. The Bertz CT molecular complexity index is 906. The van der Waals surface area contributed by atoms with Crippen LogP contribution in [0.2, 0.25) is 0 Å². The smallest absolute Gasteiger partial charge is 0.0651 e. The first-order valence-corrected chi connectivity index (χ1v) is 30.4. The second kappa shape index (κ2) is 52.6. The topological polar surface area (TPSA) is 108 Å². The molecule has 0 aliphatic heterocycles. The van der Waals surface area contributed by atoms with Crippen LogP contribution in [0.3, 0.4) is 0 Å². The van der Waals surface area contributed by atoms with Crippen molar-refractivity contribution in [3.8, 4) is 0 Å². The summed E-state index contributed by atoms with van der Waals surface area (Å²) in [4.78, 5) is 0. The SMILES string of the molecule is CCCCCCCCCCCCCCCCCCCCCCC(O)C([O-])NC(CC)C(C)C(CCCCCC)OC([O-])C(O)CCCCCCCCCCCCCCCCCCCCCC. The molecule has 0 saturated carbocycles. The molecular formula is C60H121NO5-2. The largest absolute Gasteiger partial charge is 0.839 e. The number of unbranched alkanes of at least 4 members (excludes halogenated alkanes) is 41. The Labute approximate surface area is 414 Å². The summed E-state index contributed by atoms with van der Waals surface area (Å²) >= 11 is 0. The quantitative estimate of drug-likeness (QED) is 0.0414. The summed E-state index contributed by atoms with van der Waals surface area (Å²) in [7, 11) is 0. The molecule has 6 heteroatoms. The van der Waals surface area contributed by atoms with Crippen LogP contribution in [0.15, 0.2) is 0 Å². The highest BCUT2D eigenvalue weighted by atomic mass is 16.6. The van der Waals surface area contributed by atoms with Gasteiger partial charge in [0.2, 0.25) is 0 Å². The van der Waals surface area contributed by atoms with Crippen LogP contribution in [0.4, 0.5) is 0 Å². The van der Waals surface area contributed by atoms with Crippen molar-refractivity contribution >= 4 is 0 Å². The number of rotatable bonds is 56. The van der Waals surface area contributed by atoms with Gasteiger partial charge in [0.1, 0.15) is 0 Å². The monoisotopic (exact) mass is 936 g/mol. The molecule has 7 atom stereocenters. The molecule has 0 aromatic carbocycles. The molecule has 0 aliphatic rings. The molecule has 0 radical (unpaired) electrons. The zero-order valence-corrected chi connectivity index (χ0v) is 45.6. The fourth-order valence-corrected chi connectivity index (χ4v) is 10.2. The number of nitrogens with one attached hydrogen (secondary N) is 1. The van der Waals surface area contributed by atoms with Crippen molar-refractivity contribution in [3.63, 3.8) is 0 Å². The van der Waals surface area contributed by atoms with Gasteiger partial charge in [-0.25, -0.2) is 0 Å². The molecule has 7 unspecified atom stereocenters. The van der Waals surface area contributed by atoms with Gasteiger partial charge in [0, 0.05) is 12.3 Å². The van der Waals surface area contributed by atoms with E-state index < -0.39 is 24.7 Å². The highest BCUT2D eigenvalue weighted by Gasteiger charge is 2.28. The van der Waals surface area contributed by atoms with Crippen molar-refractivity contribution < 1.29 is 25.2 Å². The molecule has 0 aliphatic carbocycles. The minimum atomic E-state index is -1.48. The summed E-state index contributed by atoms with van der Waals surface area (Å²) < 4.78 is 6.14. The lowest BCUT2D eigenvalue weighted by atomic mass is 9.89. The maximum absolute atomic E-state index is 13.3. The normalized spacial score (nSPS) is 15.2. The van der Waals surface area contributed by atoms with Crippen molar-refractivity contribution in [2.75, 3.05) is 0 Å². The third-order valence-corrected chi connectivity index (χ3v) is 15.1. The highest BCUT2D eigenvalue weighted by Crippen LogP contribution is 2.24. The van der Waals surface area contributed by atoms with Crippen molar-refractivity contribution in [1.29, 1.82) is 0 Å². The Hall–Kier alpha value is -0.240. The van der Waals surface area contributed by atoms with E-state index in [1.54, 1.807) is 0 Å². The zero-order chi connectivity index (χ0) is 48.4. The van der Waals surface area contributed by atoms with Crippen LogP contribution in [0.5, 0.6) is 0 Å². The summed E-state index contributed by atoms with van der Waals surface area (Å²) in [5.41, 5.74) is 0. The van der Waals surface area contributed by atoms with Gasteiger partial charge in [0.25, 0.3) is 0 Å². The van der Waals surface area contributed by atoms with Gasteiger partial charge in [-0.1, -0.05) is 317 Å². The second-order valence-corrected chi connectivity index (χ2v) is 21.5. The Morgan fingerprint density at radius 2 is 0.591 bits per heavy atom. The van der Waals surface area contributed by atoms with Crippen molar-refractivity contribution in [1.82, 2.24) is 5.32 Å². The average molecular weight is 937 g/mol. The van der Waals surface area contributed by atoms with E-state index in [1.807, 2.05) is 0 Å². The maximum Gasteiger partial charge on any atom is 0.0651 e. The van der Waals surface area contributed by atoms with Gasteiger partial charge in [-0.05, 0) is 37.8 Å². The standard InChI is InChI=1S/C60H121NO5/c1-6-10-13-16-18-20-22-24-26-28-30-32-34-36-38-40-42-44-46-48-51-56(62)59(64)61-55(9-4)54(5)58(53-50-15-12-8-3)66-60(65)57(63)52-49-47-45-43-41-39-37-35-33-31-29-27-25-23-21-19-17-14-11-7-2/h54-63H,6-53H2,1-5H3/q-2. The average Bonchev–Trinajstić information content (AvgIpc) is 3.32. The Balaban J connectivity index is 4.19. The number of aliphatic hydroxyl groups excluding tert-OH is 2. The molecular weight excluding hydrogens is 815 g/mol. The van der Waals surface area contributed by atoms with Crippen molar-refractivity contribution in [3.05, 3.63) is 0 Å². The van der Waals surface area contributed by atoms with Crippen LogP contribution in [-0.2, 0) is 4.74 Å². The van der Waals surface area contributed by atoms with Gasteiger partial charge in [-0.15, -0.1) is 0 Å². The predicted molar refractivity (Wildman–Crippen MR) is 285 cm³/mol. The molecule has 0 aromatic rings. The first kappa shape index (κ1) is 65.8. The summed E-state index contributed by atoms with van der Waals surface area (Å²) in [6.07, 6.45) is 55.2. The van der Waals surface area contributed by atoms with Crippen molar-refractivity contribution in [2.24, 2.45) is 5.92 Å². The van der Waals surface area contributed by atoms with E-state index in [0.717, 1.165) is 57.8 Å². The third kappa shape index (κ3) is 43.8. The molecule has 0 heterocycles. The van der Waals surface area contributed by atoms with Crippen LogP contribution in [0.25, 0.3) is 0 Å². The lowest BCUT2D eigenvalue weighted by molar-refractivity contribution is -0.516. The molecule has 6 nitrogen and oxygen atoms in total. The molecule has 398 valence electrons. The first-order chi connectivity index (χ1) is 32.3. The summed E-state index contributed by atoms with van der Waals surface area (Å²) in [5.74, 6) is -0.0802. The zero-order valence-electron chi connectivity index (χ0n) is 45.6. The van der Waals surface area contributed by atoms with E-state index in [-0.39, 0.29) is 18.1 Å². The van der Waals surface area contributed by atoms with Gasteiger partial charge < -0.3 is 30.5 Å². The predicted octanol–water partition coefficient (Wildman–Crippen LogP) is 16.9. The molecule has 0 aromatic heterocycles. The molecule has 0 spiro atoms. The van der Waals surface area contributed by atoms with Crippen molar-refractivity contribution in [2.45, 2.75) is 380 Å². The van der Waals surface area contributed by atoms with E-state index in [9.17, 15) is 20.4 Å². The molecule has 0 amide bonds. The van der Waals surface area contributed by atoms with E-state index in [2.05, 4.69) is 39.9 Å². The summed E-state index contributed by atoms with van der Waals surface area (Å²) in [6.45, 7) is 10.9. The molecule has 0 fully saturated rings. The van der Waals surface area contributed by atoms with Gasteiger partial charge in [0.05, 0.1) is 18.3 Å². The minimum absolute atomic E-state index is 0.0802. The van der Waals surface area contributed by atoms with Crippen LogP contribution in [0.1, 0.15) is 343 Å². The number of ether oxygens (including phenoxy) is 1. The van der Waals surface area contributed by atoms with E-state index in [1.165, 1.54) is 231 Å². The maximum atomic E-state index is 13.3. The first-order valence-electron chi connectivity index (χ1n) is 30.4. The fourth-order valence-electron chi connectivity index (χ4n) is 10.2.